The maximum absolute atomic E-state index is 14.0. The van der Waals surface area contributed by atoms with Crippen molar-refractivity contribution in [1.82, 2.24) is 4.90 Å². The van der Waals surface area contributed by atoms with Crippen molar-refractivity contribution in [1.29, 1.82) is 0 Å². The van der Waals surface area contributed by atoms with Gasteiger partial charge in [0.2, 0.25) is 5.78 Å². The van der Waals surface area contributed by atoms with Crippen LogP contribution in [0.4, 0.5) is 0 Å². The van der Waals surface area contributed by atoms with E-state index in [-0.39, 0.29) is 66.9 Å². The van der Waals surface area contributed by atoms with Crippen molar-refractivity contribution in [2.45, 2.75) is 132 Å². The van der Waals surface area contributed by atoms with Gasteiger partial charge in [0.15, 0.2) is 30.4 Å². The Bertz CT molecular complexity index is 2020. The number of phenolic OH excluding ortho intramolecular Hbond substituents is 3. The molecule has 4 N–H and O–H groups in total. The number of carbonyl (C=O) groups excluding carboxylic acids is 4. The largest absolute Gasteiger partial charge is 0.507 e. The van der Waals surface area contributed by atoms with Crippen LogP contribution in [0.25, 0.3) is 0 Å². The summed E-state index contributed by atoms with van der Waals surface area (Å²) < 4.78 is 48.9. The molecule has 4 saturated heterocycles. The monoisotopic (exact) mass is 811 g/mol. The van der Waals surface area contributed by atoms with Crippen molar-refractivity contribution in [2.75, 3.05) is 27.8 Å². The topological polar surface area (TPSA) is 226 Å². The maximum Gasteiger partial charge on any atom is 0.316 e. The zero-order chi connectivity index (χ0) is 41.5. The Morgan fingerprint density at radius 3 is 2.28 bits per heavy atom. The van der Waals surface area contributed by atoms with Crippen LogP contribution in [-0.4, -0.2) is 144 Å². The molecule has 0 aromatic heterocycles. The first-order valence-electron chi connectivity index (χ1n) is 19.6. The molecule has 0 saturated carbocycles. The quantitative estimate of drug-likeness (QED) is 0.199. The minimum absolute atomic E-state index is 0.00817. The number of likely N-dealkylation sites (N-methyl/N-ethyl adjacent to an activating group) is 1. The highest BCUT2D eigenvalue weighted by molar-refractivity contribution is 6.31. The van der Waals surface area contributed by atoms with E-state index >= 15 is 0 Å². The van der Waals surface area contributed by atoms with Crippen LogP contribution in [0.1, 0.15) is 108 Å². The second-order valence-corrected chi connectivity index (χ2v) is 16.2. The number of ether oxygens (including phenoxy) is 8. The van der Waals surface area contributed by atoms with Crippen LogP contribution >= 0.6 is 0 Å². The van der Waals surface area contributed by atoms with Crippen LogP contribution in [-0.2, 0) is 47.5 Å². The Morgan fingerprint density at radius 2 is 1.60 bits per heavy atom. The third-order valence-corrected chi connectivity index (χ3v) is 12.6. The fourth-order valence-corrected chi connectivity index (χ4v) is 9.46. The number of methoxy groups -OCH3 is 1. The van der Waals surface area contributed by atoms with Gasteiger partial charge < -0.3 is 63.2 Å². The normalized spacial score (nSPS) is 37.0. The van der Waals surface area contributed by atoms with Crippen LogP contribution in [0, 0.1) is 0 Å². The summed E-state index contributed by atoms with van der Waals surface area (Å²) in [4.78, 5) is 55.6. The molecule has 0 bridgehead atoms. The van der Waals surface area contributed by atoms with E-state index in [0.717, 1.165) is 19.2 Å². The van der Waals surface area contributed by atoms with E-state index in [2.05, 4.69) is 0 Å². The molecule has 2 aromatic carbocycles. The Kier molecular flexibility index (Phi) is 10.7. The summed E-state index contributed by atoms with van der Waals surface area (Å²) in [7, 11) is 4.91. The number of benzene rings is 2. The fourth-order valence-electron chi connectivity index (χ4n) is 9.46. The Balaban J connectivity index is 1.06. The van der Waals surface area contributed by atoms with Crippen molar-refractivity contribution in [2.24, 2.45) is 0 Å². The van der Waals surface area contributed by atoms with E-state index in [1.54, 1.807) is 13.8 Å². The van der Waals surface area contributed by atoms with Gasteiger partial charge in [0.1, 0.15) is 47.6 Å². The number of esters is 1. The van der Waals surface area contributed by atoms with Crippen molar-refractivity contribution in [3.63, 3.8) is 0 Å². The lowest BCUT2D eigenvalue weighted by Crippen LogP contribution is -2.60. The van der Waals surface area contributed by atoms with Gasteiger partial charge in [-0.05, 0) is 58.1 Å². The number of rotatable bonds is 7. The van der Waals surface area contributed by atoms with Crippen molar-refractivity contribution in [3.8, 4) is 17.2 Å². The van der Waals surface area contributed by atoms with Gasteiger partial charge in [-0.3, -0.25) is 19.2 Å². The predicted molar refractivity (Wildman–Crippen MR) is 196 cm³/mol. The molecule has 8 rings (SSSR count). The molecule has 13 atom stereocenters. The second kappa shape index (κ2) is 15.2. The van der Waals surface area contributed by atoms with Gasteiger partial charge in [0, 0.05) is 42.9 Å². The molecule has 17 heteroatoms. The molecule has 2 aliphatic carbocycles. The van der Waals surface area contributed by atoms with Crippen LogP contribution in [0.3, 0.4) is 0 Å². The third kappa shape index (κ3) is 6.70. The highest BCUT2D eigenvalue weighted by Gasteiger charge is 2.54. The molecule has 17 nitrogen and oxygen atoms in total. The number of ketones is 3. The lowest BCUT2D eigenvalue weighted by Gasteiger charge is -2.49. The van der Waals surface area contributed by atoms with Gasteiger partial charge in [0.05, 0.1) is 54.3 Å². The minimum Gasteiger partial charge on any atom is -0.507 e. The number of carbonyl (C=O) groups is 4. The molecule has 4 aliphatic heterocycles. The smallest absolute Gasteiger partial charge is 0.316 e. The number of aliphatic hydroxyl groups is 1. The summed E-state index contributed by atoms with van der Waals surface area (Å²) in [5.41, 5.74) is -3.50. The van der Waals surface area contributed by atoms with Crippen molar-refractivity contribution >= 4 is 23.3 Å². The SMILES string of the molecule is CC[C@]1(O)C[C@@H](O[C@H]2C[C@@H](N(C)C)[C@@H](O[C@H]3C[C@@H]4O[C@H]5CC(=O)[C@@H](C)O[C@H]5O[C@H]4CO3)[C@@H](C)O2)c2c(cc3c(c2O)C(=O)c2c(O)ccc(O)c2C3=O)[C@@H]1C(=O)OC. The van der Waals surface area contributed by atoms with E-state index in [4.69, 9.17) is 37.9 Å². The Morgan fingerprint density at radius 1 is 0.897 bits per heavy atom. The Labute approximate surface area is 334 Å². The molecule has 0 amide bonds. The second-order valence-electron chi connectivity index (χ2n) is 16.2. The van der Waals surface area contributed by atoms with Crippen molar-refractivity contribution in [3.05, 3.63) is 51.6 Å². The first-order valence-corrected chi connectivity index (χ1v) is 19.6. The van der Waals surface area contributed by atoms with Gasteiger partial charge in [0.25, 0.3) is 0 Å². The summed E-state index contributed by atoms with van der Waals surface area (Å²) in [6.45, 7) is 5.38. The summed E-state index contributed by atoms with van der Waals surface area (Å²) in [5, 5.41) is 45.3. The average Bonchev–Trinajstić information content (AvgIpc) is 3.17. The summed E-state index contributed by atoms with van der Waals surface area (Å²) in [6, 6.07) is 3.08. The number of phenols is 3. The summed E-state index contributed by atoms with van der Waals surface area (Å²) >= 11 is 0. The van der Waals surface area contributed by atoms with Crippen LogP contribution in [0.15, 0.2) is 18.2 Å². The molecule has 0 radical (unpaired) electrons. The number of nitrogens with zero attached hydrogens (tertiary/aromatic N) is 1. The number of fused-ring (bicyclic) bond motifs is 5. The summed E-state index contributed by atoms with van der Waals surface area (Å²) in [6.07, 6.45) is -5.89. The zero-order valence-corrected chi connectivity index (χ0v) is 33.0. The van der Waals surface area contributed by atoms with E-state index in [1.165, 1.54) is 6.07 Å². The van der Waals surface area contributed by atoms with Gasteiger partial charge in [-0.25, -0.2) is 0 Å². The maximum atomic E-state index is 14.0. The molecule has 0 unspecified atom stereocenters. The first kappa shape index (κ1) is 40.7. The molecule has 314 valence electrons. The molecular weight excluding hydrogens is 762 g/mol. The molecule has 0 spiro atoms. The molecule has 58 heavy (non-hydrogen) atoms. The zero-order valence-electron chi connectivity index (χ0n) is 33.0. The molecular formula is C41H49NO16. The third-order valence-electron chi connectivity index (χ3n) is 12.6. The number of hydrogen-bond donors (Lipinski definition) is 4. The van der Waals surface area contributed by atoms with E-state index in [0.29, 0.717) is 6.42 Å². The standard InChI is InChI=1S/C41H49NO16/c1-7-41(50)14-26(30-18(34(41)39(49)51-6)10-19-31(36(30)47)37(48)33-22(44)9-8-21(43)32(33)35(19)46)56-29-11-20(42(4)5)38(17(3)53-29)58-28-13-24-27(15-52-28)57-40-25(55-24)12-23(45)16(2)54-40/h8-10,16-17,20,24-29,34,38,40,43-44,47,50H,7,11-15H2,1-6H3/t16-,17-,20-,24+,25+,26-,27+,28+,29+,34-,38+,40+,41+/m1/s1. The Hall–Kier alpha value is -4.04. The van der Waals surface area contributed by atoms with Gasteiger partial charge in [-0.2, -0.15) is 0 Å². The van der Waals surface area contributed by atoms with Crippen LogP contribution in [0.2, 0.25) is 0 Å². The van der Waals surface area contributed by atoms with E-state index in [1.807, 2.05) is 25.9 Å². The van der Waals surface area contributed by atoms with E-state index < -0.39 is 118 Å². The lowest BCUT2D eigenvalue weighted by molar-refractivity contribution is -0.358. The van der Waals surface area contributed by atoms with Gasteiger partial charge in [-0.15, -0.1) is 0 Å². The highest BCUT2D eigenvalue weighted by Crippen LogP contribution is 2.54. The minimum atomic E-state index is -1.80. The number of hydrogen-bond acceptors (Lipinski definition) is 17. The highest BCUT2D eigenvalue weighted by atomic mass is 16.8. The number of aromatic hydroxyl groups is 3. The van der Waals surface area contributed by atoms with E-state index in [9.17, 15) is 39.6 Å². The average molecular weight is 812 g/mol. The van der Waals surface area contributed by atoms with Crippen LogP contribution in [0.5, 0.6) is 17.2 Å². The fraction of sp³-hybridized carbons (Fsp3) is 0.610. The molecule has 6 aliphatic rings. The van der Waals surface area contributed by atoms with Gasteiger partial charge >= 0.3 is 5.97 Å². The number of Topliss-reactive ketones (excluding diaryl/α,β-unsaturated/α-hetero) is 1. The first-order chi connectivity index (χ1) is 27.5. The van der Waals surface area contributed by atoms with Crippen molar-refractivity contribution < 1.29 is 77.5 Å². The predicted octanol–water partition coefficient (Wildman–Crippen LogP) is 2.49. The molecule has 2 aromatic rings. The molecule has 4 heterocycles. The summed E-state index contributed by atoms with van der Waals surface area (Å²) in [5.74, 6) is -5.87. The lowest BCUT2D eigenvalue weighted by atomic mass is 9.67. The van der Waals surface area contributed by atoms with Crippen LogP contribution < -0.4 is 0 Å². The van der Waals surface area contributed by atoms with Gasteiger partial charge in [-0.1, -0.05) is 6.92 Å². The molecule has 4 fully saturated rings.